The van der Waals surface area contributed by atoms with Crippen molar-refractivity contribution < 1.29 is 9.59 Å². The lowest BCUT2D eigenvalue weighted by Crippen LogP contribution is -2.54. The summed E-state index contributed by atoms with van der Waals surface area (Å²) in [6, 6.07) is 16.2. The zero-order valence-electron chi connectivity index (χ0n) is 19.5. The van der Waals surface area contributed by atoms with Gasteiger partial charge in [0.1, 0.15) is 5.57 Å². The Labute approximate surface area is 199 Å². The Balaban J connectivity index is 1.76. The van der Waals surface area contributed by atoms with E-state index in [4.69, 9.17) is 12.2 Å². The molecule has 1 saturated heterocycles. The lowest BCUT2D eigenvalue weighted by molar-refractivity contribution is -0.122. The van der Waals surface area contributed by atoms with Crippen molar-refractivity contribution in [2.45, 2.75) is 41.0 Å². The van der Waals surface area contributed by atoms with Gasteiger partial charge in [0.25, 0.3) is 11.8 Å². The van der Waals surface area contributed by atoms with Crippen LogP contribution in [0.25, 0.3) is 11.8 Å². The van der Waals surface area contributed by atoms with E-state index in [1.165, 1.54) is 10.5 Å². The number of hydrogen-bond donors (Lipinski definition) is 1. The molecule has 1 aromatic heterocycles. The van der Waals surface area contributed by atoms with Gasteiger partial charge in [-0.25, -0.2) is 0 Å². The Bertz CT molecular complexity index is 1320. The predicted octanol–water partition coefficient (Wildman–Crippen LogP) is 5.10. The van der Waals surface area contributed by atoms with E-state index in [0.29, 0.717) is 5.69 Å². The number of aryl methyl sites for hydroxylation is 4. The minimum absolute atomic E-state index is 0.0612. The van der Waals surface area contributed by atoms with Gasteiger partial charge in [-0.3, -0.25) is 19.8 Å². The second-order valence-electron chi connectivity index (χ2n) is 8.43. The van der Waals surface area contributed by atoms with Crippen LogP contribution in [-0.4, -0.2) is 21.5 Å². The van der Waals surface area contributed by atoms with Gasteiger partial charge in [0.05, 0.1) is 5.69 Å². The van der Waals surface area contributed by atoms with Crippen LogP contribution in [0.15, 0.2) is 54.1 Å². The molecule has 33 heavy (non-hydrogen) atoms. The van der Waals surface area contributed by atoms with Gasteiger partial charge in [-0.15, -0.1) is 0 Å². The molecule has 5 nitrogen and oxygen atoms in total. The molecule has 2 aromatic carbocycles. The fraction of sp³-hybridized carbons (Fsp3) is 0.222. The molecule has 0 aliphatic carbocycles. The third-order valence-corrected chi connectivity index (χ3v) is 6.36. The highest BCUT2D eigenvalue weighted by Crippen LogP contribution is 2.28. The van der Waals surface area contributed by atoms with Gasteiger partial charge in [0.15, 0.2) is 5.11 Å². The van der Waals surface area contributed by atoms with Crippen LogP contribution >= 0.6 is 12.2 Å². The van der Waals surface area contributed by atoms with Crippen molar-refractivity contribution in [2.24, 2.45) is 0 Å². The number of benzene rings is 2. The van der Waals surface area contributed by atoms with Crippen LogP contribution in [0.3, 0.4) is 0 Å². The number of anilines is 1. The van der Waals surface area contributed by atoms with Crippen LogP contribution in [0, 0.1) is 27.7 Å². The van der Waals surface area contributed by atoms with E-state index in [1.807, 2.05) is 52.0 Å². The van der Waals surface area contributed by atoms with Gasteiger partial charge in [0.2, 0.25) is 0 Å². The zero-order valence-corrected chi connectivity index (χ0v) is 20.3. The molecular weight excluding hydrogens is 430 g/mol. The van der Waals surface area contributed by atoms with E-state index in [2.05, 4.69) is 41.1 Å². The van der Waals surface area contributed by atoms with E-state index in [0.717, 1.165) is 40.2 Å². The second-order valence-corrected chi connectivity index (χ2v) is 8.82. The van der Waals surface area contributed by atoms with Crippen LogP contribution in [0.4, 0.5) is 5.69 Å². The lowest BCUT2D eigenvalue weighted by atomic mass is 10.0. The van der Waals surface area contributed by atoms with Crippen molar-refractivity contribution in [1.29, 1.82) is 0 Å². The first-order valence-electron chi connectivity index (χ1n) is 11.0. The van der Waals surface area contributed by atoms with Gasteiger partial charge in [-0.05, 0) is 98.9 Å². The van der Waals surface area contributed by atoms with Crippen LogP contribution < -0.4 is 10.2 Å². The van der Waals surface area contributed by atoms with E-state index in [1.54, 1.807) is 6.08 Å². The minimum Gasteiger partial charge on any atom is -0.318 e. The summed E-state index contributed by atoms with van der Waals surface area (Å²) in [5.74, 6) is -0.904. The fourth-order valence-corrected chi connectivity index (χ4v) is 4.48. The Morgan fingerprint density at radius 3 is 2.33 bits per heavy atom. The Morgan fingerprint density at radius 2 is 1.67 bits per heavy atom. The van der Waals surface area contributed by atoms with E-state index >= 15 is 0 Å². The van der Waals surface area contributed by atoms with E-state index in [9.17, 15) is 9.59 Å². The third-order valence-electron chi connectivity index (χ3n) is 6.08. The second kappa shape index (κ2) is 8.79. The molecule has 6 heteroatoms. The summed E-state index contributed by atoms with van der Waals surface area (Å²) >= 11 is 5.36. The van der Waals surface area contributed by atoms with Gasteiger partial charge in [-0.1, -0.05) is 31.2 Å². The summed E-state index contributed by atoms with van der Waals surface area (Å²) in [4.78, 5) is 27.6. The summed E-state index contributed by atoms with van der Waals surface area (Å²) < 4.78 is 2.13. The maximum absolute atomic E-state index is 13.5. The van der Waals surface area contributed by atoms with Gasteiger partial charge in [0, 0.05) is 17.1 Å². The molecule has 1 aliphatic heterocycles. The summed E-state index contributed by atoms with van der Waals surface area (Å²) in [7, 11) is 0. The van der Waals surface area contributed by atoms with Gasteiger partial charge >= 0.3 is 0 Å². The number of carbonyl (C=O) groups excluding carboxylic acids is 2. The molecule has 1 fully saturated rings. The van der Waals surface area contributed by atoms with E-state index < -0.39 is 11.8 Å². The summed E-state index contributed by atoms with van der Waals surface area (Å²) in [5, 5.41) is 2.78. The SMILES string of the molecule is CCc1ccc(-n2c(C)cc(/C=C3\C(=O)NC(=S)N(c4cc(C)ccc4C)C3=O)c2C)cc1. The molecular formula is C27H27N3O2S. The van der Waals surface area contributed by atoms with Crippen molar-refractivity contribution in [2.75, 3.05) is 4.90 Å². The first-order chi connectivity index (χ1) is 15.7. The standard InChI is InChI=1S/C27H27N3O2S/c1-6-20-9-11-22(12-10-20)29-18(4)14-21(19(29)5)15-23-25(31)28-27(33)30(26(23)32)24-13-16(2)7-8-17(24)3/h7-15H,6H2,1-5H3,(H,28,31,33)/b23-15+. The quantitative estimate of drug-likeness (QED) is 0.337. The molecule has 1 N–H and O–H groups in total. The number of nitrogens with one attached hydrogen (secondary N) is 1. The molecule has 3 aromatic rings. The minimum atomic E-state index is -0.483. The largest absolute Gasteiger partial charge is 0.318 e. The fourth-order valence-electron chi connectivity index (χ4n) is 4.20. The van der Waals surface area contributed by atoms with Crippen LogP contribution in [0.2, 0.25) is 0 Å². The van der Waals surface area contributed by atoms with Gasteiger partial charge < -0.3 is 4.57 Å². The molecule has 0 unspecified atom stereocenters. The first kappa shape index (κ1) is 22.7. The monoisotopic (exact) mass is 457 g/mol. The van der Waals surface area contributed by atoms with Crippen molar-refractivity contribution in [1.82, 2.24) is 9.88 Å². The van der Waals surface area contributed by atoms with Crippen molar-refractivity contribution >= 4 is 40.9 Å². The first-order valence-corrected chi connectivity index (χ1v) is 11.4. The van der Waals surface area contributed by atoms with Crippen LogP contribution in [0.1, 0.15) is 40.6 Å². The molecule has 168 valence electrons. The topological polar surface area (TPSA) is 54.3 Å². The number of aromatic nitrogens is 1. The molecule has 4 rings (SSSR count). The lowest BCUT2D eigenvalue weighted by Gasteiger charge is -2.30. The molecule has 1 aliphatic rings. The predicted molar refractivity (Wildman–Crippen MR) is 137 cm³/mol. The normalized spacial score (nSPS) is 15.4. The molecule has 0 bridgehead atoms. The summed E-state index contributed by atoms with van der Waals surface area (Å²) in [6.45, 7) is 10.0. The molecule has 2 heterocycles. The van der Waals surface area contributed by atoms with Crippen LogP contribution in [-0.2, 0) is 16.0 Å². The summed E-state index contributed by atoms with van der Waals surface area (Å²) in [6.07, 6.45) is 2.65. The highest BCUT2D eigenvalue weighted by Gasteiger charge is 2.35. The zero-order chi connectivity index (χ0) is 23.9. The number of rotatable bonds is 4. The van der Waals surface area contributed by atoms with Crippen molar-refractivity contribution in [3.63, 3.8) is 0 Å². The average molecular weight is 458 g/mol. The van der Waals surface area contributed by atoms with Crippen molar-refractivity contribution in [3.8, 4) is 5.69 Å². The van der Waals surface area contributed by atoms with Crippen molar-refractivity contribution in [3.05, 3.63) is 87.7 Å². The maximum atomic E-state index is 13.5. The highest BCUT2D eigenvalue weighted by atomic mass is 32.1. The number of carbonyl (C=O) groups is 2. The average Bonchev–Trinajstić information content (AvgIpc) is 3.06. The summed E-state index contributed by atoms with van der Waals surface area (Å²) in [5.41, 5.74) is 7.76. The highest BCUT2D eigenvalue weighted by molar-refractivity contribution is 7.80. The Kier molecular flexibility index (Phi) is 6.04. The number of hydrogen-bond acceptors (Lipinski definition) is 3. The number of nitrogens with zero attached hydrogens (tertiary/aromatic N) is 2. The molecule has 0 atom stereocenters. The molecule has 0 saturated carbocycles. The Morgan fingerprint density at radius 1 is 0.970 bits per heavy atom. The van der Waals surface area contributed by atoms with E-state index in [-0.39, 0.29) is 10.7 Å². The van der Waals surface area contributed by atoms with Gasteiger partial charge in [-0.2, -0.15) is 0 Å². The number of amides is 2. The maximum Gasteiger partial charge on any atom is 0.270 e. The molecule has 2 amide bonds. The Hall–Kier alpha value is -3.51. The molecule has 0 spiro atoms. The van der Waals surface area contributed by atoms with Crippen LogP contribution in [0.5, 0.6) is 0 Å². The number of thiocarbonyl (C=S) groups is 1. The molecule has 0 radical (unpaired) electrons. The smallest absolute Gasteiger partial charge is 0.270 e. The third kappa shape index (κ3) is 4.14.